The Hall–Kier alpha value is -1.65. The normalized spacial score (nSPS) is 22.9. The molecule has 106 valence electrons. The van der Waals surface area contributed by atoms with Gasteiger partial charge in [0.05, 0.1) is 24.5 Å². The number of aromatic amines is 1. The highest BCUT2D eigenvalue weighted by atomic mass is 15.2. The van der Waals surface area contributed by atoms with E-state index in [0.29, 0.717) is 0 Å². The first-order valence-corrected chi connectivity index (χ1v) is 7.46. The molecule has 2 heterocycles. The van der Waals surface area contributed by atoms with E-state index in [9.17, 15) is 0 Å². The standard InChI is InChI=1S/C16H22N4/c1-13-3-5-14(6-4-13)16-15(11-17-18-16)12-20-9-7-19(2)8-10-20/h3-6,11H,7-10,12H2,1-2H3,(H,17,18)/p+2. The fourth-order valence-corrected chi connectivity index (χ4v) is 2.89. The summed E-state index contributed by atoms with van der Waals surface area (Å²) in [6.07, 6.45) is 1.99. The van der Waals surface area contributed by atoms with E-state index in [1.807, 2.05) is 6.20 Å². The molecule has 1 fully saturated rings. The van der Waals surface area contributed by atoms with Gasteiger partial charge in [0.25, 0.3) is 0 Å². The number of aromatic nitrogens is 2. The molecule has 4 heteroatoms. The van der Waals surface area contributed by atoms with E-state index in [0.717, 1.165) is 6.54 Å². The van der Waals surface area contributed by atoms with Gasteiger partial charge in [0, 0.05) is 5.56 Å². The number of hydrogen-bond acceptors (Lipinski definition) is 1. The minimum Gasteiger partial charge on any atom is -0.328 e. The van der Waals surface area contributed by atoms with Crippen LogP contribution in [0.25, 0.3) is 11.3 Å². The van der Waals surface area contributed by atoms with Gasteiger partial charge in [0.2, 0.25) is 0 Å². The fourth-order valence-electron chi connectivity index (χ4n) is 2.89. The van der Waals surface area contributed by atoms with Crippen molar-refractivity contribution in [3.05, 3.63) is 41.6 Å². The second-order valence-corrected chi connectivity index (χ2v) is 6.02. The summed E-state index contributed by atoms with van der Waals surface area (Å²) in [5.41, 5.74) is 5.05. The van der Waals surface area contributed by atoms with Crippen LogP contribution in [0, 0.1) is 6.92 Å². The summed E-state index contributed by atoms with van der Waals surface area (Å²) in [7, 11) is 2.28. The van der Waals surface area contributed by atoms with E-state index in [1.165, 1.54) is 48.6 Å². The summed E-state index contributed by atoms with van der Waals surface area (Å²) in [4.78, 5) is 3.32. The van der Waals surface area contributed by atoms with Crippen LogP contribution in [0.1, 0.15) is 11.1 Å². The zero-order valence-electron chi connectivity index (χ0n) is 12.4. The predicted octanol–water partition coefficient (Wildman–Crippen LogP) is -0.702. The van der Waals surface area contributed by atoms with Gasteiger partial charge in [-0.15, -0.1) is 0 Å². The third-order valence-corrected chi connectivity index (χ3v) is 4.31. The van der Waals surface area contributed by atoms with E-state index in [2.05, 4.69) is 48.4 Å². The number of nitrogens with one attached hydrogen (secondary N) is 3. The Morgan fingerprint density at radius 1 is 1.10 bits per heavy atom. The zero-order valence-corrected chi connectivity index (χ0v) is 12.4. The van der Waals surface area contributed by atoms with Crippen LogP contribution in [-0.4, -0.2) is 43.4 Å². The Morgan fingerprint density at radius 3 is 2.50 bits per heavy atom. The quantitative estimate of drug-likeness (QED) is 0.679. The third-order valence-electron chi connectivity index (χ3n) is 4.31. The van der Waals surface area contributed by atoms with Crippen LogP contribution in [0.5, 0.6) is 0 Å². The molecular weight excluding hydrogens is 248 g/mol. The number of piperazine rings is 1. The predicted molar refractivity (Wildman–Crippen MR) is 79.8 cm³/mol. The second-order valence-electron chi connectivity index (χ2n) is 6.02. The summed E-state index contributed by atoms with van der Waals surface area (Å²) in [6.45, 7) is 8.25. The van der Waals surface area contributed by atoms with Gasteiger partial charge in [-0.1, -0.05) is 29.8 Å². The minimum absolute atomic E-state index is 1.08. The Bertz CT molecular complexity index is 550. The lowest BCUT2D eigenvalue weighted by Crippen LogP contribution is -3.26. The zero-order chi connectivity index (χ0) is 13.9. The van der Waals surface area contributed by atoms with E-state index in [-0.39, 0.29) is 0 Å². The molecule has 0 aliphatic carbocycles. The highest BCUT2D eigenvalue weighted by molar-refractivity contribution is 5.62. The smallest absolute Gasteiger partial charge is 0.127 e. The summed E-state index contributed by atoms with van der Waals surface area (Å²) < 4.78 is 0. The molecular formula is C16H24N4+2. The largest absolute Gasteiger partial charge is 0.328 e. The molecule has 3 rings (SSSR count). The number of aryl methyl sites for hydroxylation is 1. The first-order chi connectivity index (χ1) is 9.72. The third kappa shape index (κ3) is 2.92. The maximum absolute atomic E-state index is 4.26. The molecule has 1 aromatic heterocycles. The molecule has 0 saturated carbocycles. The van der Waals surface area contributed by atoms with Gasteiger partial charge in [-0.05, 0) is 6.92 Å². The lowest BCUT2D eigenvalue weighted by molar-refractivity contribution is -1.01. The van der Waals surface area contributed by atoms with Crippen LogP contribution in [-0.2, 0) is 6.54 Å². The van der Waals surface area contributed by atoms with Crippen molar-refractivity contribution in [3.8, 4) is 11.3 Å². The van der Waals surface area contributed by atoms with Gasteiger partial charge < -0.3 is 9.80 Å². The van der Waals surface area contributed by atoms with Crippen molar-refractivity contribution in [2.45, 2.75) is 13.5 Å². The molecule has 2 aromatic rings. The summed E-state index contributed by atoms with van der Waals surface area (Å²) in [5, 5.41) is 7.43. The molecule has 20 heavy (non-hydrogen) atoms. The van der Waals surface area contributed by atoms with E-state index < -0.39 is 0 Å². The molecule has 0 amide bonds. The second kappa shape index (κ2) is 5.77. The van der Waals surface area contributed by atoms with Crippen molar-refractivity contribution in [2.24, 2.45) is 0 Å². The highest BCUT2D eigenvalue weighted by Gasteiger charge is 2.21. The molecule has 1 aliphatic heterocycles. The molecule has 1 aliphatic rings. The van der Waals surface area contributed by atoms with Crippen molar-refractivity contribution >= 4 is 0 Å². The molecule has 0 spiro atoms. The topological polar surface area (TPSA) is 37.6 Å². The number of rotatable bonds is 3. The van der Waals surface area contributed by atoms with Gasteiger partial charge >= 0.3 is 0 Å². The van der Waals surface area contributed by atoms with Gasteiger partial charge in [0.15, 0.2) is 0 Å². The number of H-pyrrole nitrogens is 1. The molecule has 0 unspecified atom stereocenters. The van der Waals surface area contributed by atoms with E-state index in [4.69, 9.17) is 0 Å². The number of likely N-dealkylation sites (N-methyl/N-ethyl adjacent to an activating group) is 1. The Kier molecular flexibility index (Phi) is 3.85. The van der Waals surface area contributed by atoms with Gasteiger partial charge in [-0.2, -0.15) is 5.10 Å². The first-order valence-electron chi connectivity index (χ1n) is 7.46. The van der Waals surface area contributed by atoms with Gasteiger partial charge in [-0.3, -0.25) is 5.10 Å². The van der Waals surface area contributed by atoms with Crippen molar-refractivity contribution in [1.82, 2.24) is 10.2 Å². The number of benzene rings is 1. The van der Waals surface area contributed by atoms with E-state index in [1.54, 1.807) is 9.80 Å². The van der Waals surface area contributed by atoms with Crippen molar-refractivity contribution in [2.75, 3.05) is 33.2 Å². The van der Waals surface area contributed by atoms with Crippen LogP contribution >= 0.6 is 0 Å². The van der Waals surface area contributed by atoms with Crippen LogP contribution in [0.2, 0.25) is 0 Å². The van der Waals surface area contributed by atoms with Crippen LogP contribution in [0.3, 0.4) is 0 Å². The van der Waals surface area contributed by atoms with Crippen molar-refractivity contribution in [3.63, 3.8) is 0 Å². The van der Waals surface area contributed by atoms with E-state index >= 15 is 0 Å². The summed E-state index contributed by atoms with van der Waals surface area (Å²) in [6, 6.07) is 8.67. The Labute approximate surface area is 120 Å². The fraction of sp³-hybridized carbons (Fsp3) is 0.438. The first kappa shape index (κ1) is 13.3. The Morgan fingerprint density at radius 2 is 1.80 bits per heavy atom. The number of quaternary nitrogens is 2. The van der Waals surface area contributed by atoms with Crippen LogP contribution in [0.4, 0.5) is 0 Å². The maximum atomic E-state index is 4.26. The van der Waals surface area contributed by atoms with Crippen molar-refractivity contribution < 1.29 is 9.80 Å². The molecule has 0 atom stereocenters. The van der Waals surface area contributed by atoms with Crippen LogP contribution in [0.15, 0.2) is 30.5 Å². The minimum atomic E-state index is 1.08. The lowest BCUT2D eigenvalue weighted by Gasteiger charge is -2.27. The molecule has 4 nitrogen and oxygen atoms in total. The summed E-state index contributed by atoms with van der Waals surface area (Å²) in [5.74, 6) is 0. The van der Waals surface area contributed by atoms with Gasteiger partial charge in [-0.25, -0.2) is 0 Å². The Balaban J connectivity index is 1.75. The lowest BCUT2D eigenvalue weighted by atomic mass is 10.1. The number of hydrogen-bond donors (Lipinski definition) is 3. The van der Waals surface area contributed by atoms with Crippen LogP contribution < -0.4 is 9.80 Å². The van der Waals surface area contributed by atoms with Gasteiger partial charge in [0.1, 0.15) is 32.7 Å². The highest BCUT2D eigenvalue weighted by Crippen LogP contribution is 2.20. The van der Waals surface area contributed by atoms with Crippen molar-refractivity contribution in [1.29, 1.82) is 0 Å². The SMILES string of the molecule is Cc1ccc(-c2[nH]ncc2C[NH+]2CC[NH+](C)CC2)cc1. The molecule has 0 radical (unpaired) electrons. The average molecular weight is 272 g/mol. The average Bonchev–Trinajstić information content (AvgIpc) is 2.90. The number of nitrogens with zero attached hydrogens (tertiary/aromatic N) is 1. The molecule has 3 N–H and O–H groups in total. The molecule has 1 aromatic carbocycles. The summed E-state index contributed by atoms with van der Waals surface area (Å²) >= 11 is 0. The maximum Gasteiger partial charge on any atom is 0.127 e. The monoisotopic (exact) mass is 272 g/mol. The molecule has 0 bridgehead atoms. The molecule has 1 saturated heterocycles.